The highest BCUT2D eigenvalue weighted by atomic mass is 16.5. The van der Waals surface area contributed by atoms with Crippen molar-refractivity contribution in [3.05, 3.63) is 50.6 Å². The molecule has 1 aliphatic carbocycles. The highest BCUT2D eigenvalue weighted by molar-refractivity contribution is 5.97. The van der Waals surface area contributed by atoms with Gasteiger partial charge in [0.05, 0.1) is 30.5 Å². The zero-order valence-corrected chi connectivity index (χ0v) is 15.1. The quantitative estimate of drug-likeness (QED) is 0.889. The lowest BCUT2D eigenvalue weighted by Gasteiger charge is -2.35. The standard InChI is InChI=1S/C19H23N3O4/c1-11-18(13-5-3-4-6-16(13)26-11)19(24)22-7-8-25-10-15(22)14-9-17(23)21-12(2)20-14/h9,15H,3-8,10H2,1-2H3,(H,20,21,23)/t15-/m0/s1. The van der Waals surface area contributed by atoms with Crippen LogP contribution >= 0.6 is 0 Å². The average Bonchev–Trinajstić information content (AvgIpc) is 2.96. The van der Waals surface area contributed by atoms with E-state index >= 15 is 0 Å². The number of H-pyrrole nitrogens is 1. The lowest BCUT2D eigenvalue weighted by Crippen LogP contribution is -2.44. The topological polar surface area (TPSA) is 88.4 Å². The van der Waals surface area contributed by atoms with Crippen LogP contribution in [0.2, 0.25) is 0 Å². The Labute approximate surface area is 151 Å². The summed E-state index contributed by atoms with van der Waals surface area (Å²) in [6.07, 6.45) is 3.95. The van der Waals surface area contributed by atoms with Crippen molar-refractivity contribution in [3.63, 3.8) is 0 Å². The fourth-order valence-corrected chi connectivity index (χ4v) is 3.99. The van der Waals surface area contributed by atoms with Gasteiger partial charge in [0, 0.05) is 24.6 Å². The molecular formula is C19H23N3O4. The van der Waals surface area contributed by atoms with Crippen LogP contribution in [0.1, 0.15) is 57.8 Å². The number of morpholine rings is 1. The van der Waals surface area contributed by atoms with Crippen molar-refractivity contribution in [1.82, 2.24) is 14.9 Å². The summed E-state index contributed by atoms with van der Waals surface area (Å²) < 4.78 is 11.5. The number of amides is 1. The second kappa shape index (κ2) is 6.72. The van der Waals surface area contributed by atoms with Crippen LogP contribution in [0.25, 0.3) is 0 Å². The second-order valence-corrected chi connectivity index (χ2v) is 6.99. The minimum Gasteiger partial charge on any atom is -0.465 e. The van der Waals surface area contributed by atoms with E-state index in [9.17, 15) is 9.59 Å². The first-order valence-electron chi connectivity index (χ1n) is 9.12. The minimum atomic E-state index is -0.370. The zero-order chi connectivity index (χ0) is 18.3. The molecule has 0 aromatic carbocycles. The van der Waals surface area contributed by atoms with E-state index < -0.39 is 0 Å². The third-order valence-electron chi connectivity index (χ3n) is 5.17. The second-order valence-electron chi connectivity index (χ2n) is 6.99. The molecule has 1 fully saturated rings. The lowest BCUT2D eigenvalue weighted by molar-refractivity contribution is -0.00415. The van der Waals surface area contributed by atoms with Crippen molar-refractivity contribution in [3.8, 4) is 0 Å². The largest absolute Gasteiger partial charge is 0.465 e. The van der Waals surface area contributed by atoms with Crippen molar-refractivity contribution in [2.24, 2.45) is 0 Å². The first-order valence-corrected chi connectivity index (χ1v) is 9.12. The number of nitrogens with zero attached hydrogens (tertiary/aromatic N) is 2. The van der Waals surface area contributed by atoms with Gasteiger partial charge in [-0.15, -0.1) is 0 Å². The van der Waals surface area contributed by atoms with E-state index in [-0.39, 0.29) is 17.5 Å². The van der Waals surface area contributed by atoms with Gasteiger partial charge in [-0.2, -0.15) is 0 Å². The molecule has 0 spiro atoms. The van der Waals surface area contributed by atoms with Crippen molar-refractivity contribution in [1.29, 1.82) is 0 Å². The number of rotatable bonds is 2. The summed E-state index contributed by atoms with van der Waals surface area (Å²) in [7, 11) is 0. The molecule has 0 radical (unpaired) electrons. The molecule has 4 rings (SSSR count). The maximum absolute atomic E-state index is 13.4. The van der Waals surface area contributed by atoms with E-state index in [1.807, 2.05) is 6.92 Å². The molecule has 138 valence electrons. The maximum atomic E-state index is 13.4. The number of aromatic amines is 1. The minimum absolute atomic E-state index is 0.0533. The summed E-state index contributed by atoms with van der Waals surface area (Å²) in [5.74, 6) is 2.11. The van der Waals surface area contributed by atoms with Crippen molar-refractivity contribution in [2.75, 3.05) is 19.8 Å². The van der Waals surface area contributed by atoms with Crippen molar-refractivity contribution >= 4 is 5.91 Å². The van der Waals surface area contributed by atoms with Gasteiger partial charge in [-0.3, -0.25) is 9.59 Å². The number of carbonyl (C=O) groups excluding carboxylic acids is 1. The third-order valence-corrected chi connectivity index (χ3v) is 5.17. The molecule has 1 N–H and O–H groups in total. The summed E-state index contributed by atoms with van der Waals surface area (Å²) in [4.78, 5) is 34.1. The third kappa shape index (κ3) is 2.96. The number of ether oxygens (including phenoxy) is 1. The predicted octanol–water partition coefficient (Wildman–Crippen LogP) is 2.07. The number of hydrogen-bond acceptors (Lipinski definition) is 5. The number of aryl methyl sites for hydroxylation is 3. The highest BCUT2D eigenvalue weighted by Crippen LogP contribution is 2.33. The average molecular weight is 357 g/mol. The lowest BCUT2D eigenvalue weighted by atomic mass is 9.93. The molecule has 0 bridgehead atoms. The molecule has 1 saturated heterocycles. The molecule has 0 unspecified atom stereocenters. The summed E-state index contributed by atoms with van der Waals surface area (Å²) in [6, 6.07) is 1.08. The Hall–Kier alpha value is -2.41. The molecule has 7 heteroatoms. The molecule has 2 aromatic heterocycles. The maximum Gasteiger partial charge on any atom is 0.258 e. The van der Waals surface area contributed by atoms with Gasteiger partial charge < -0.3 is 19.0 Å². The van der Waals surface area contributed by atoms with Gasteiger partial charge in [0.25, 0.3) is 11.5 Å². The van der Waals surface area contributed by atoms with Gasteiger partial charge in [0.1, 0.15) is 17.3 Å². The summed E-state index contributed by atoms with van der Waals surface area (Å²) >= 11 is 0. The van der Waals surface area contributed by atoms with Crippen molar-refractivity contribution < 1.29 is 13.9 Å². The molecule has 0 saturated carbocycles. The van der Waals surface area contributed by atoms with Gasteiger partial charge in [-0.25, -0.2) is 4.98 Å². The normalized spacial score (nSPS) is 20.1. The van der Waals surface area contributed by atoms with Crippen LogP contribution < -0.4 is 5.56 Å². The zero-order valence-electron chi connectivity index (χ0n) is 15.1. The van der Waals surface area contributed by atoms with Crippen LogP contribution in [0.15, 0.2) is 15.3 Å². The number of aromatic nitrogens is 2. The van der Waals surface area contributed by atoms with E-state index in [1.165, 1.54) is 6.07 Å². The SMILES string of the molecule is Cc1nc([C@@H]2COCCN2C(=O)c2c(C)oc3c2CCCC3)cc(=O)[nH]1. The molecule has 3 heterocycles. The fourth-order valence-electron chi connectivity index (χ4n) is 3.99. The Balaban J connectivity index is 1.72. The number of hydrogen-bond donors (Lipinski definition) is 1. The van der Waals surface area contributed by atoms with E-state index in [2.05, 4.69) is 9.97 Å². The molecule has 2 aliphatic rings. The summed E-state index contributed by atoms with van der Waals surface area (Å²) in [6.45, 7) is 4.87. The summed E-state index contributed by atoms with van der Waals surface area (Å²) in [5, 5.41) is 0. The highest BCUT2D eigenvalue weighted by Gasteiger charge is 2.35. The monoisotopic (exact) mass is 357 g/mol. The Morgan fingerprint density at radius 2 is 2.12 bits per heavy atom. The Morgan fingerprint density at radius 3 is 2.92 bits per heavy atom. The van der Waals surface area contributed by atoms with Crippen LogP contribution in [0.5, 0.6) is 0 Å². The van der Waals surface area contributed by atoms with Gasteiger partial charge in [-0.05, 0) is 33.1 Å². The van der Waals surface area contributed by atoms with Gasteiger partial charge in [0.15, 0.2) is 0 Å². The van der Waals surface area contributed by atoms with Gasteiger partial charge in [-0.1, -0.05) is 0 Å². The molecular weight excluding hydrogens is 334 g/mol. The van der Waals surface area contributed by atoms with Crippen LogP contribution in [-0.2, 0) is 17.6 Å². The Morgan fingerprint density at radius 1 is 1.31 bits per heavy atom. The number of carbonyl (C=O) groups is 1. The first-order chi connectivity index (χ1) is 12.5. The van der Waals surface area contributed by atoms with E-state index in [0.29, 0.717) is 42.6 Å². The Bertz CT molecular complexity index is 899. The van der Waals surface area contributed by atoms with Crippen LogP contribution in [-0.4, -0.2) is 40.5 Å². The number of fused-ring (bicyclic) bond motifs is 1. The van der Waals surface area contributed by atoms with E-state index in [1.54, 1.807) is 11.8 Å². The van der Waals surface area contributed by atoms with Crippen LogP contribution in [0.4, 0.5) is 0 Å². The molecule has 1 atom stereocenters. The van der Waals surface area contributed by atoms with Gasteiger partial charge >= 0.3 is 0 Å². The predicted molar refractivity (Wildman–Crippen MR) is 94.3 cm³/mol. The van der Waals surface area contributed by atoms with Gasteiger partial charge in [0.2, 0.25) is 0 Å². The molecule has 1 aliphatic heterocycles. The smallest absolute Gasteiger partial charge is 0.258 e. The first kappa shape index (κ1) is 17.0. The Kier molecular flexibility index (Phi) is 4.40. The number of nitrogens with one attached hydrogen (secondary N) is 1. The molecule has 2 aromatic rings. The van der Waals surface area contributed by atoms with Crippen LogP contribution in [0, 0.1) is 13.8 Å². The number of furan rings is 1. The van der Waals surface area contributed by atoms with E-state index in [0.717, 1.165) is 37.0 Å². The molecule has 1 amide bonds. The van der Waals surface area contributed by atoms with Crippen LogP contribution in [0.3, 0.4) is 0 Å². The molecule has 26 heavy (non-hydrogen) atoms. The van der Waals surface area contributed by atoms with Crippen molar-refractivity contribution in [2.45, 2.75) is 45.6 Å². The van der Waals surface area contributed by atoms with E-state index in [4.69, 9.17) is 9.15 Å². The fraction of sp³-hybridized carbons (Fsp3) is 0.526. The summed E-state index contributed by atoms with van der Waals surface area (Å²) in [5.41, 5.74) is 2.09. The molecule has 7 nitrogen and oxygen atoms in total.